The van der Waals surface area contributed by atoms with Gasteiger partial charge in [-0.05, 0) is 25.1 Å². The number of rotatable bonds is 4. The molecule has 0 bridgehead atoms. The van der Waals surface area contributed by atoms with Crippen molar-refractivity contribution in [2.45, 2.75) is 32.7 Å². The van der Waals surface area contributed by atoms with Gasteiger partial charge in [0.15, 0.2) is 0 Å². The molecule has 0 spiro atoms. The van der Waals surface area contributed by atoms with Crippen LogP contribution in [0, 0.1) is 0 Å². The molecule has 1 aromatic carbocycles. The Kier molecular flexibility index (Phi) is 5.39. The molecule has 2 amide bonds. The largest absolute Gasteiger partial charge is 0.497 e. The molecule has 1 atom stereocenters. The molecule has 0 N–H and O–H groups in total. The van der Waals surface area contributed by atoms with E-state index >= 15 is 0 Å². The molecule has 1 aromatic heterocycles. The summed E-state index contributed by atoms with van der Waals surface area (Å²) in [5, 5.41) is 0. The van der Waals surface area contributed by atoms with E-state index in [-0.39, 0.29) is 17.7 Å². The molecule has 142 valence electrons. The summed E-state index contributed by atoms with van der Waals surface area (Å²) in [5.74, 6) is 1.07. The number of piperazine rings is 1. The summed E-state index contributed by atoms with van der Waals surface area (Å²) in [7, 11) is 1.59. The minimum absolute atomic E-state index is 0.124. The van der Waals surface area contributed by atoms with Gasteiger partial charge in [0.05, 0.1) is 7.11 Å². The molecule has 7 nitrogen and oxygen atoms in total. The van der Waals surface area contributed by atoms with Crippen LogP contribution in [0.5, 0.6) is 5.75 Å². The van der Waals surface area contributed by atoms with E-state index in [4.69, 9.17) is 4.74 Å². The summed E-state index contributed by atoms with van der Waals surface area (Å²) in [5.41, 5.74) is 1.09. The lowest BCUT2D eigenvalue weighted by atomic mass is 10.1. The van der Waals surface area contributed by atoms with Crippen LogP contribution < -0.4 is 9.64 Å². The molecule has 1 aliphatic heterocycles. The van der Waals surface area contributed by atoms with Crippen LogP contribution in [-0.2, 0) is 4.79 Å². The highest BCUT2D eigenvalue weighted by molar-refractivity contribution is 6.02. The monoisotopic (exact) mass is 368 g/mol. The van der Waals surface area contributed by atoms with Crippen molar-refractivity contribution >= 4 is 17.5 Å². The standard InChI is InChI=1S/C20H24N4O3/c1-13(2)18-21-9-8-17(22-18)20(26)23-10-11-24(19(25)14(23)3)15-6-5-7-16(12-15)27-4/h5-9,12-14H,10-11H2,1-4H3/t14-/m1/s1. The van der Waals surface area contributed by atoms with Gasteiger partial charge in [0.25, 0.3) is 5.91 Å². The second-order valence-corrected chi connectivity index (χ2v) is 6.82. The molecule has 1 saturated heterocycles. The maximum Gasteiger partial charge on any atom is 0.273 e. The van der Waals surface area contributed by atoms with Crippen molar-refractivity contribution in [3.8, 4) is 5.75 Å². The molecule has 2 heterocycles. The van der Waals surface area contributed by atoms with E-state index in [1.165, 1.54) is 0 Å². The molecule has 27 heavy (non-hydrogen) atoms. The Morgan fingerprint density at radius 3 is 2.74 bits per heavy atom. The van der Waals surface area contributed by atoms with Gasteiger partial charge in [-0.15, -0.1) is 0 Å². The Morgan fingerprint density at radius 2 is 2.04 bits per heavy atom. The Balaban J connectivity index is 1.80. The zero-order chi connectivity index (χ0) is 19.6. The second kappa shape index (κ2) is 7.73. The lowest BCUT2D eigenvalue weighted by Crippen LogP contribution is -2.57. The first-order chi connectivity index (χ1) is 12.9. The first kappa shape index (κ1) is 18.8. The van der Waals surface area contributed by atoms with Crippen molar-refractivity contribution < 1.29 is 14.3 Å². The van der Waals surface area contributed by atoms with Crippen molar-refractivity contribution in [1.29, 1.82) is 0 Å². The van der Waals surface area contributed by atoms with Gasteiger partial charge in [0.1, 0.15) is 23.3 Å². The Hall–Kier alpha value is -2.96. The number of carbonyl (C=O) groups is 2. The second-order valence-electron chi connectivity index (χ2n) is 6.82. The number of nitrogens with zero attached hydrogens (tertiary/aromatic N) is 4. The molecule has 0 aliphatic carbocycles. The maximum absolute atomic E-state index is 12.9. The van der Waals surface area contributed by atoms with Crippen LogP contribution in [0.2, 0.25) is 0 Å². The van der Waals surface area contributed by atoms with Crippen molar-refractivity contribution in [2.75, 3.05) is 25.1 Å². The Labute approximate surface area is 159 Å². The zero-order valence-corrected chi connectivity index (χ0v) is 16.0. The van der Waals surface area contributed by atoms with Gasteiger partial charge in [-0.25, -0.2) is 9.97 Å². The van der Waals surface area contributed by atoms with Crippen molar-refractivity contribution in [3.05, 3.63) is 48.0 Å². The molecule has 7 heteroatoms. The minimum atomic E-state index is -0.574. The van der Waals surface area contributed by atoms with E-state index in [0.717, 1.165) is 5.69 Å². The average Bonchev–Trinajstić information content (AvgIpc) is 2.69. The number of anilines is 1. The summed E-state index contributed by atoms with van der Waals surface area (Å²) in [6.45, 7) is 6.55. The first-order valence-corrected chi connectivity index (χ1v) is 9.01. The fourth-order valence-corrected chi connectivity index (χ4v) is 3.10. The van der Waals surface area contributed by atoms with E-state index in [1.54, 1.807) is 36.1 Å². The normalized spacial score (nSPS) is 17.4. The fraction of sp³-hybridized carbons (Fsp3) is 0.400. The summed E-state index contributed by atoms with van der Waals surface area (Å²) in [6.07, 6.45) is 1.59. The highest BCUT2D eigenvalue weighted by atomic mass is 16.5. The molecule has 2 aromatic rings. The van der Waals surface area contributed by atoms with Crippen LogP contribution in [-0.4, -0.2) is 52.9 Å². The molecule has 3 rings (SSSR count). The number of carbonyl (C=O) groups excluding carboxylic acids is 2. The van der Waals surface area contributed by atoms with E-state index in [0.29, 0.717) is 30.4 Å². The molecule has 1 fully saturated rings. The van der Waals surface area contributed by atoms with Crippen LogP contribution >= 0.6 is 0 Å². The quantitative estimate of drug-likeness (QED) is 0.829. The lowest BCUT2D eigenvalue weighted by molar-refractivity contribution is -0.124. The van der Waals surface area contributed by atoms with Crippen LogP contribution in [0.3, 0.4) is 0 Å². The summed E-state index contributed by atoms with van der Waals surface area (Å²) in [4.78, 5) is 37.7. The average molecular weight is 368 g/mol. The van der Waals surface area contributed by atoms with E-state index in [1.807, 2.05) is 38.1 Å². The summed E-state index contributed by atoms with van der Waals surface area (Å²) < 4.78 is 5.24. The molecule has 0 saturated carbocycles. The van der Waals surface area contributed by atoms with Crippen molar-refractivity contribution in [2.24, 2.45) is 0 Å². The van der Waals surface area contributed by atoms with Crippen LogP contribution in [0.25, 0.3) is 0 Å². The Bertz CT molecular complexity index is 853. The van der Waals surface area contributed by atoms with Gasteiger partial charge in [0, 0.05) is 37.0 Å². The number of hydrogen-bond donors (Lipinski definition) is 0. The number of benzene rings is 1. The van der Waals surface area contributed by atoms with Gasteiger partial charge >= 0.3 is 0 Å². The third-order valence-electron chi connectivity index (χ3n) is 4.69. The van der Waals surface area contributed by atoms with Crippen molar-refractivity contribution in [1.82, 2.24) is 14.9 Å². The van der Waals surface area contributed by atoms with Gasteiger partial charge in [0.2, 0.25) is 5.91 Å². The third-order valence-corrected chi connectivity index (χ3v) is 4.69. The SMILES string of the molecule is COc1cccc(N2CCN(C(=O)c3ccnc(C(C)C)n3)[C@H](C)C2=O)c1. The Morgan fingerprint density at radius 1 is 1.26 bits per heavy atom. The maximum atomic E-state index is 12.9. The topological polar surface area (TPSA) is 75.6 Å². The molecule has 0 radical (unpaired) electrons. The van der Waals surface area contributed by atoms with Crippen LogP contribution in [0.1, 0.15) is 43.0 Å². The highest BCUT2D eigenvalue weighted by Crippen LogP contribution is 2.25. The minimum Gasteiger partial charge on any atom is -0.497 e. The number of hydrogen-bond acceptors (Lipinski definition) is 5. The van der Waals surface area contributed by atoms with Gasteiger partial charge in [-0.3, -0.25) is 9.59 Å². The van der Waals surface area contributed by atoms with Crippen molar-refractivity contribution in [3.63, 3.8) is 0 Å². The summed E-state index contributed by atoms with van der Waals surface area (Å²) >= 11 is 0. The van der Waals surface area contributed by atoms with E-state index < -0.39 is 6.04 Å². The number of amides is 2. The molecule has 0 unspecified atom stereocenters. The zero-order valence-electron chi connectivity index (χ0n) is 16.0. The highest BCUT2D eigenvalue weighted by Gasteiger charge is 2.36. The number of aromatic nitrogens is 2. The molecular formula is C20H24N4O3. The number of ether oxygens (including phenoxy) is 1. The summed E-state index contributed by atoms with van der Waals surface area (Å²) in [6, 6.07) is 8.39. The number of methoxy groups -OCH3 is 1. The van der Waals surface area contributed by atoms with Crippen LogP contribution in [0.15, 0.2) is 36.5 Å². The first-order valence-electron chi connectivity index (χ1n) is 9.01. The van der Waals surface area contributed by atoms with Gasteiger partial charge < -0.3 is 14.5 Å². The predicted molar refractivity (Wildman–Crippen MR) is 102 cm³/mol. The molecule has 1 aliphatic rings. The smallest absolute Gasteiger partial charge is 0.273 e. The van der Waals surface area contributed by atoms with E-state index in [2.05, 4.69) is 9.97 Å². The predicted octanol–water partition coefficient (Wildman–Crippen LogP) is 2.49. The van der Waals surface area contributed by atoms with Gasteiger partial charge in [-0.2, -0.15) is 0 Å². The van der Waals surface area contributed by atoms with Crippen LogP contribution in [0.4, 0.5) is 5.69 Å². The fourth-order valence-electron chi connectivity index (χ4n) is 3.10. The van der Waals surface area contributed by atoms with E-state index in [9.17, 15) is 9.59 Å². The third kappa shape index (κ3) is 3.77. The lowest BCUT2D eigenvalue weighted by Gasteiger charge is -2.39. The van der Waals surface area contributed by atoms with Gasteiger partial charge in [-0.1, -0.05) is 19.9 Å². The molecular weight excluding hydrogens is 344 g/mol.